The standard InChI is InChI=1S/C15H35N3O3Si/c1-5-8-15(19-2)14(18,9-11-17)13(6-10-16)7-12-22(15,20-3)21-4/h13H,5-12,16-18H2,1-4H3. The summed E-state index contributed by atoms with van der Waals surface area (Å²) < 4.78 is 18.1. The van der Waals surface area contributed by atoms with Crippen molar-refractivity contribution in [2.45, 2.75) is 55.8 Å². The third kappa shape index (κ3) is 2.88. The van der Waals surface area contributed by atoms with E-state index in [1.807, 2.05) is 0 Å². The van der Waals surface area contributed by atoms with Gasteiger partial charge in [0.2, 0.25) is 0 Å². The van der Waals surface area contributed by atoms with Gasteiger partial charge in [0.15, 0.2) is 0 Å². The van der Waals surface area contributed by atoms with Gasteiger partial charge in [-0.05, 0) is 50.7 Å². The third-order valence-electron chi connectivity index (χ3n) is 5.60. The van der Waals surface area contributed by atoms with E-state index in [2.05, 4.69) is 6.92 Å². The van der Waals surface area contributed by atoms with E-state index < -0.39 is 19.3 Å². The van der Waals surface area contributed by atoms with Crippen molar-refractivity contribution in [3.05, 3.63) is 0 Å². The Bertz CT molecular complexity index is 344. The fourth-order valence-electron chi connectivity index (χ4n) is 4.60. The maximum Gasteiger partial charge on any atom is 0.372 e. The Morgan fingerprint density at radius 3 is 2.14 bits per heavy atom. The average Bonchev–Trinajstić information content (AvgIpc) is 2.52. The van der Waals surface area contributed by atoms with Crippen molar-refractivity contribution in [2.24, 2.45) is 23.1 Å². The first-order valence-corrected chi connectivity index (χ1v) is 10.3. The zero-order valence-corrected chi connectivity index (χ0v) is 15.7. The monoisotopic (exact) mass is 333 g/mol. The lowest BCUT2D eigenvalue weighted by molar-refractivity contribution is -0.0905. The van der Waals surface area contributed by atoms with Crippen LogP contribution in [0, 0.1) is 5.92 Å². The fraction of sp³-hybridized carbons (Fsp3) is 1.00. The Morgan fingerprint density at radius 2 is 1.73 bits per heavy atom. The summed E-state index contributed by atoms with van der Waals surface area (Å²) in [5.74, 6) is 0.276. The molecule has 132 valence electrons. The summed E-state index contributed by atoms with van der Waals surface area (Å²) in [6.45, 7) is 3.28. The lowest BCUT2D eigenvalue weighted by atomic mass is 9.72. The molecular weight excluding hydrogens is 298 g/mol. The highest BCUT2D eigenvalue weighted by atomic mass is 28.4. The van der Waals surface area contributed by atoms with E-state index in [1.54, 1.807) is 21.3 Å². The minimum absolute atomic E-state index is 0.276. The summed E-state index contributed by atoms with van der Waals surface area (Å²) in [6, 6.07) is 0.877. The summed E-state index contributed by atoms with van der Waals surface area (Å²) >= 11 is 0. The molecule has 3 unspecified atom stereocenters. The van der Waals surface area contributed by atoms with Crippen LogP contribution in [0.2, 0.25) is 6.04 Å². The van der Waals surface area contributed by atoms with Crippen LogP contribution < -0.4 is 17.2 Å². The first-order chi connectivity index (χ1) is 10.5. The predicted molar refractivity (Wildman–Crippen MR) is 91.6 cm³/mol. The highest BCUT2D eigenvalue weighted by Crippen LogP contribution is 2.52. The van der Waals surface area contributed by atoms with Gasteiger partial charge in [0.1, 0.15) is 5.22 Å². The molecule has 1 fully saturated rings. The summed E-state index contributed by atoms with van der Waals surface area (Å²) in [4.78, 5) is 0. The van der Waals surface area contributed by atoms with Crippen LogP contribution in [0.15, 0.2) is 0 Å². The number of nitrogens with two attached hydrogens (primary N) is 3. The van der Waals surface area contributed by atoms with E-state index in [9.17, 15) is 0 Å². The van der Waals surface area contributed by atoms with Gasteiger partial charge in [-0.25, -0.2) is 0 Å². The molecule has 0 saturated carbocycles. The largest absolute Gasteiger partial charge is 0.396 e. The number of rotatable bonds is 9. The smallest absolute Gasteiger partial charge is 0.372 e. The molecule has 1 heterocycles. The van der Waals surface area contributed by atoms with Crippen LogP contribution in [-0.2, 0) is 13.6 Å². The lowest BCUT2D eigenvalue weighted by Crippen LogP contribution is -2.81. The van der Waals surface area contributed by atoms with Crippen molar-refractivity contribution in [3.63, 3.8) is 0 Å². The van der Waals surface area contributed by atoms with E-state index in [-0.39, 0.29) is 5.92 Å². The third-order valence-corrected chi connectivity index (χ3v) is 10.0. The van der Waals surface area contributed by atoms with Crippen LogP contribution in [0.25, 0.3) is 0 Å². The zero-order chi connectivity index (χ0) is 16.9. The van der Waals surface area contributed by atoms with Gasteiger partial charge in [-0.15, -0.1) is 0 Å². The van der Waals surface area contributed by atoms with Crippen LogP contribution in [0.3, 0.4) is 0 Å². The second-order valence-electron chi connectivity index (χ2n) is 6.33. The van der Waals surface area contributed by atoms with Gasteiger partial charge >= 0.3 is 8.56 Å². The molecule has 0 bridgehead atoms. The zero-order valence-electron chi connectivity index (χ0n) is 14.7. The molecule has 6 N–H and O–H groups in total. The molecule has 0 aromatic rings. The lowest BCUT2D eigenvalue weighted by Gasteiger charge is -2.60. The van der Waals surface area contributed by atoms with Crippen molar-refractivity contribution < 1.29 is 13.6 Å². The summed E-state index contributed by atoms with van der Waals surface area (Å²) in [5.41, 5.74) is 18.2. The first-order valence-electron chi connectivity index (χ1n) is 8.32. The van der Waals surface area contributed by atoms with Gasteiger partial charge in [0, 0.05) is 21.3 Å². The normalized spacial score (nSPS) is 34.8. The van der Waals surface area contributed by atoms with Gasteiger partial charge in [-0.1, -0.05) is 13.3 Å². The number of methoxy groups -OCH3 is 1. The Morgan fingerprint density at radius 1 is 1.09 bits per heavy atom. The van der Waals surface area contributed by atoms with Crippen molar-refractivity contribution in [1.82, 2.24) is 0 Å². The van der Waals surface area contributed by atoms with Gasteiger partial charge in [0.05, 0.1) is 5.54 Å². The van der Waals surface area contributed by atoms with Crippen LogP contribution in [-0.4, -0.2) is 53.7 Å². The Labute approximate surface area is 136 Å². The molecule has 0 aromatic heterocycles. The van der Waals surface area contributed by atoms with E-state index in [0.29, 0.717) is 19.5 Å². The molecule has 1 aliphatic rings. The Balaban J connectivity index is 3.45. The molecule has 6 nitrogen and oxygen atoms in total. The molecule has 0 aliphatic carbocycles. The quantitative estimate of drug-likeness (QED) is 0.540. The second kappa shape index (κ2) is 8.19. The predicted octanol–water partition coefficient (Wildman–Crippen LogP) is 0.861. The van der Waals surface area contributed by atoms with Crippen molar-refractivity contribution in [2.75, 3.05) is 34.4 Å². The second-order valence-corrected chi connectivity index (χ2v) is 9.96. The molecule has 3 atom stereocenters. The van der Waals surface area contributed by atoms with Crippen LogP contribution in [0.1, 0.15) is 39.0 Å². The molecule has 22 heavy (non-hydrogen) atoms. The number of ether oxygens (including phenoxy) is 1. The molecule has 0 radical (unpaired) electrons. The van der Waals surface area contributed by atoms with E-state index in [4.69, 9.17) is 30.8 Å². The first kappa shape index (κ1) is 20.0. The summed E-state index contributed by atoms with van der Waals surface area (Å²) in [6.07, 6.45) is 4.29. The van der Waals surface area contributed by atoms with Gasteiger partial charge in [-0.3, -0.25) is 0 Å². The maximum absolute atomic E-state index is 7.02. The molecule has 0 aromatic carbocycles. The molecular formula is C15H35N3O3Si. The maximum atomic E-state index is 7.02. The number of hydrogen-bond acceptors (Lipinski definition) is 6. The van der Waals surface area contributed by atoms with Crippen LogP contribution >= 0.6 is 0 Å². The Hall–Kier alpha value is -0.0231. The minimum Gasteiger partial charge on any atom is -0.396 e. The molecule has 1 aliphatic heterocycles. The van der Waals surface area contributed by atoms with Gasteiger partial charge in [-0.2, -0.15) is 0 Å². The minimum atomic E-state index is -2.62. The van der Waals surface area contributed by atoms with E-state index in [1.165, 1.54) is 0 Å². The van der Waals surface area contributed by atoms with Crippen LogP contribution in [0.4, 0.5) is 0 Å². The highest BCUT2D eigenvalue weighted by molar-refractivity contribution is 6.71. The molecule has 0 spiro atoms. The molecule has 1 rings (SSSR count). The summed E-state index contributed by atoms with van der Waals surface area (Å²) in [5, 5.41) is -0.601. The van der Waals surface area contributed by atoms with Crippen molar-refractivity contribution in [3.8, 4) is 0 Å². The molecule has 7 heteroatoms. The van der Waals surface area contributed by atoms with E-state index in [0.717, 1.165) is 31.7 Å². The average molecular weight is 334 g/mol. The Kier molecular flexibility index (Phi) is 7.45. The van der Waals surface area contributed by atoms with Crippen LogP contribution in [0.5, 0.6) is 0 Å². The highest BCUT2D eigenvalue weighted by Gasteiger charge is 2.70. The topological polar surface area (TPSA) is 106 Å². The van der Waals surface area contributed by atoms with Gasteiger partial charge < -0.3 is 30.8 Å². The van der Waals surface area contributed by atoms with E-state index >= 15 is 0 Å². The summed E-state index contributed by atoms with van der Waals surface area (Å²) in [7, 11) is 2.57. The number of hydrogen-bond donors (Lipinski definition) is 3. The van der Waals surface area contributed by atoms with Crippen molar-refractivity contribution in [1.29, 1.82) is 0 Å². The SMILES string of the molecule is CCCC1(OC)C(N)(CCN)C(CCN)CC[Si]1(OC)OC. The molecule has 0 amide bonds. The van der Waals surface area contributed by atoms with Crippen molar-refractivity contribution >= 4 is 8.56 Å². The molecule has 1 saturated heterocycles. The van der Waals surface area contributed by atoms with Gasteiger partial charge in [0.25, 0.3) is 0 Å². The fourth-order valence-corrected chi connectivity index (χ4v) is 8.94.